The number of hydrogen-bond donors (Lipinski definition) is 2. The van der Waals surface area contributed by atoms with Gasteiger partial charge in [0.2, 0.25) is 0 Å². The first-order chi connectivity index (χ1) is 7.50. The highest BCUT2D eigenvalue weighted by Gasteiger charge is 2.17. The third-order valence-electron chi connectivity index (χ3n) is 2.08. The van der Waals surface area contributed by atoms with E-state index in [0.29, 0.717) is 5.56 Å². The maximum absolute atomic E-state index is 11.9. The van der Waals surface area contributed by atoms with Gasteiger partial charge >= 0.3 is 0 Å². The molecule has 1 unspecified atom stereocenters. The Hall–Kier alpha value is -1.49. The molecule has 1 rings (SSSR count). The number of benzene rings is 1. The number of nitrogens with one attached hydrogen (secondary N) is 1. The number of halogens is 2. The molecule has 88 valence electrons. The summed E-state index contributed by atoms with van der Waals surface area (Å²) < 4.78 is 23.9. The highest BCUT2D eigenvalue weighted by atomic mass is 19.3. The van der Waals surface area contributed by atoms with Crippen LogP contribution in [-0.4, -0.2) is 30.1 Å². The van der Waals surface area contributed by atoms with Crippen LogP contribution in [0, 0.1) is 6.92 Å². The molecule has 0 spiro atoms. The number of rotatable bonds is 4. The number of carbonyl (C=O) groups excluding carboxylic acids is 1. The van der Waals surface area contributed by atoms with Crippen molar-refractivity contribution in [2.75, 3.05) is 6.54 Å². The molecule has 0 aliphatic carbocycles. The minimum absolute atomic E-state index is 0.382. The molecule has 16 heavy (non-hydrogen) atoms. The van der Waals surface area contributed by atoms with E-state index in [2.05, 4.69) is 5.32 Å². The zero-order valence-corrected chi connectivity index (χ0v) is 8.78. The predicted molar refractivity (Wildman–Crippen MR) is 55.5 cm³/mol. The summed E-state index contributed by atoms with van der Waals surface area (Å²) in [6.45, 7) is 1.42. The lowest BCUT2D eigenvalue weighted by molar-refractivity contribution is -0.00270. The van der Waals surface area contributed by atoms with Crippen molar-refractivity contribution >= 4 is 5.91 Å². The Morgan fingerprint density at radius 2 is 1.94 bits per heavy atom. The Bertz CT molecular complexity index is 352. The molecule has 1 aromatic carbocycles. The molecule has 0 saturated carbocycles. The summed E-state index contributed by atoms with van der Waals surface area (Å²) in [4.78, 5) is 11.4. The second-order valence-corrected chi connectivity index (χ2v) is 3.48. The van der Waals surface area contributed by atoms with E-state index in [4.69, 9.17) is 5.11 Å². The summed E-state index contributed by atoms with van der Waals surface area (Å²) in [5.41, 5.74) is 1.39. The molecule has 2 N–H and O–H groups in total. The molecular formula is C11H13F2NO2. The Labute approximate surface area is 92.1 Å². The molecule has 0 fully saturated rings. The number of amides is 1. The zero-order valence-electron chi connectivity index (χ0n) is 8.78. The number of aliphatic hydroxyl groups excluding tert-OH is 1. The van der Waals surface area contributed by atoms with Crippen LogP contribution in [0.1, 0.15) is 15.9 Å². The van der Waals surface area contributed by atoms with Crippen LogP contribution in [0.25, 0.3) is 0 Å². The summed E-state index contributed by atoms with van der Waals surface area (Å²) >= 11 is 0. The largest absolute Gasteiger partial charge is 0.385 e. The maximum atomic E-state index is 11.9. The SMILES string of the molecule is Cc1ccc(C(=O)NCC(O)C(F)F)cc1. The van der Waals surface area contributed by atoms with Crippen LogP contribution in [-0.2, 0) is 0 Å². The molecule has 0 aliphatic heterocycles. The fourth-order valence-corrected chi connectivity index (χ4v) is 1.09. The van der Waals surface area contributed by atoms with Crippen molar-refractivity contribution in [3.63, 3.8) is 0 Å². The molecule has 0 aromatic heterocycles. The summed E-state index contributed by atoms with van der Waals surface area (Å²) in [7, 11) is 0. The minimum Gasteiger partial charge on any atom is -0.385 e. The van der Waals surface area contributed by atoms with Gasteiger partial charge in [-0.05, 0) is 19.1 Å². The number of alkyl halides is 2. The Morgan fingerprint density at radius 3 is 2.44 bits per heavy atom. The van der Waals surface area contributed by atoms with Crippen molar-refractivity contribution < 1.29 is 18.7 Å². The average Bonchev–Trinajstić information content (AvgIpc) is 2.26. The van der Waals surface area contributed by atoms with Gasteiger partial charge in [0.05, 0.1) is 0 Å². The number of aliphatic hydroxyl groups is 1. The predicted octanol–water partition coefficient (Wildman–Crippen LogP) is 1.35. The van der Waals surface area contributed by atoms with Crippen molar-refractivity contribution in [1.29, 1.82) is 0 Å². The van der Waals surface area contributed by atoms with E-state index < -0.39 is 25.0 Å². The normalized spacial score (nSPS) is 12.6. The number of hydrogen-bond acceptors (Lipinski definition) is 2. The summed E-state index contributed by atoms with van der Waals surface area (Å²) in [5, 5.41) is 11.0. The topological polar surface area (TPSA) is 49.3 Å². The Kier molecular flexibility index (Phi) is 4.37. The fraction of sp³-hybridized carbons (Fsp3) is 0.364. The van der Waals surface area contributed by atoms with Crippen LogP contribution in [0.3, 0.4) is 0 Å². The van der Waals surface area contributed by atoms with Crippen LogP contribution < -0.4 is 5.32 Å². The van der Waals surface area contributed by atoms with Crippen LogP contribution in [0.15, 0.2) is 24.3 Å². The van der Waals surface area contributed by atoms with Gasteiger partial charge in [-0.1, -0.05) is 17.7 Å². The molecule has 0 radical (unpaired) electrons. The van der Waals surface area contributed by atoms with Gasteiger partial charge in [-0.25, -0.2) is 8.78 Å². The molecule has 1 aromatic rings. The lowest BCUT2D eigenvalue weighted by Gasteiger charge is -2.10. The van der Waals surface area contributed by atoms with E-state index in [1.165, 1.54) is 0 Å². The van der Waals surface area contributed by atoms with E-state index >= 15 is 0 Å². The lowest BCUT2D eigenvalue weighted by Crippen LogP contribution is -2.35. The second-order valence-electron chi connectivity index (χ2n) is 3.48. The van der Waals surface area contributed by atoms with Gasteiger partial charge in [-0.2, -0.15) is 0 Å². The van der Waals surface area contributed by atoms with Gasteiger partial charge < -0.3 is 10.4 Å². The fourth-order valence-electron chi connectivity index (χ4n) is 1.09. The molecular weight excluding hydrogens is 216 g/mol. The van der Waals surface area contributed by atoms with Crippen molar-refractivity contribution in [3.05, 3.63) is 35.4 Å². The molecule has 0 heterocycles. The van der Waals surface area contributed by atoms with Crippen LogP contribution in [0.2, 0.25) is 0 Å². The molecule has 0 aliphatic rings. The second kappa shape index (κ2) is 5.55. The molecule has 5 heteroatoms. The van der Waals surface area contributed by atoms with Crippen LogP contribution in [0.5, 0.6) is 0 Å². The van der Waals surface area contributed by atoms with Gasteiger partial charge in [-0.15, -0.1) is 0 Å². The van der Waals surface area contributed by atoms with Crippen LogP contribution in [0.4, 0.5) is 8.78 Å². The average molecular weight is 229 g/mol. The van der Waals surface area contributed by atoms with Gasteiger partial charge in [-0.3, -0.25) is 4.79 Å². The smallest absolute Gasteiger partial charge is 0.265 e. The zero-order chi connectivity index (χ0) is 12.1. The standard InChI is InChI=1S/C11H13F2NO2/c1-7-2-4-8(5-3-7)11(16)14-6-9(15)10(12)13/h2-5,9-10,15H,6H2,1H3,(H,14,16). The first-order valence-electron chi connectivity index (χ1n) is 4.82. The van der Waals surface area contributed by atoms with Crippen molar-refractivity contribution in [3.8, 4) is 0 Å². The maximum Gasteiger partial charge on any atom is 0.265 e. The van der Waals surface area contributed by atoms with Crippen molar-refractivity contribution in [2.45, 2.75) is 19.5 Å². The van der Waals surface area contributed by atoms with Crippen molar-refractivity contribution in [2.24, 2.45) is 0 Å². The summed E-state index contributed by atoms with van der Waals surface area (Å²) in [6.07, 6.45) is -4.67. The molecule has 1 atom stereocenters. The van der Waals surface area contributed by atoms with Gasteiger partial charge in [0, 0.05) is 12.1 Å². The lowest BCUT2D eigenvalue weighted by atomic mass is 10.1. The highest BCUT2D eigenvalue weighted by molar-refractivity contribution is 5.94. The van der Waals surface area contributed by atoms with E-state index in [0.717, 1.165) is 5.56 Å². The number of carbonyl (C=O) groups is 1. The third-order valence-corrected chi connectivity index (χ3v) is 2.08. The summed E-state index contributed by atoms with van der Waals surface area (Å²) in [5.74, 6) is -0.472. The minimum atomic E-state index is -2.85. The first kappa shape index (κ1) is 12.6. The Balaban J connectivity index is 2.50. The first-order valence-corrected chi connectivity index (χ1v) is 4.82. The van der Waals surface area contributed by atoms with Gasteiger partial charge in [0.15, 0.2) is 0 Å². The Morgan fingerprint density at radius 1 is 1.38 bits per heavy atom. The molecule has 1 amide bonds. The van der Waals surface area contributed by atoms with Crippen molar-refractivity contribution in [1.82, 2.24) is 5.32 Å². The third kappa shape index (κ3) is 3.58. The molecule has 0 bridgehead atoms. The van der Waals surface area contributed by atoms with E-state index in [-0.39, 0.29) is 0 Å². The van der Waals surface area contributed by atoms with E-state index in [1.807, 2.05) is 6.92 Å². The number of aryl methyl sites for hydroxylation is 1. The van der Waals surface area contributed by atoms with Crippen LogP contribution >= 0.6 is 0 Å². The molecule has 0 saturated heterocycles. The highest BCUT2D eigenvalue weighted by Crippen LogP contribution is 2.03. The van der Waals surface area contributed by atoms with E-state index in [1.54, 1.807) is 24.3 Å². The van der Waals surface area contributed by atoms with Gasteiger partial charge in [0.25, 0.3) is 12.3 Å². The summed E-state index contributed by atoms with van der Waals surface area (Å²) in [6, 6.07) is 6.69. The molecule has 3 nitrogen and oxygen atoms in total. The van der Waals surface area contributed by atoms with E-state index in [9.17, 15) is 13.6 Å². The quantitative estimate of drug-likeness (QED) is 0.818. The van der Waals surface area contributed by atoms with Gasteiger partial charge in [0.1, 0.15) is 6.10 Å². The monoisotopic (exact) mass is 229 g/mol.